The molecule has 0 amide bonds. The van der Waals surface area contributed by atoms with Crippen molar-refractivity contribution in [3.05, 3.63) is 47.5 Å². The molecule has 2 spiro atoms. The van der Waals surface area contributed by atoms with Crippen molar-refractivity contribution in [2.24, 2.45) is 10.8 Å². The summed E-state index contributed by atoms with van der Waals surface area (Å²) < 4.78 is 22.0. The van der Waals surface area contributed by atoms with Gasteiger partial charge in [-0.15, -0.1) is 0 Å². The minimum Gasteiger partial charge on any atom is -0.497 e. The van der Waals surface area contributed by atoms with Gasteiger partial charge in [0.25, 0.3) is 0 Å². The number of hydrogen-bond donors (Lipinski definition) is 0. The molecule has 0 heterocycles. The predicted octanol–water partition coefficient (Wildman–Crippen LogP) is 5.12. The molecule has 0 N–H and O–H groups in total. The molecule has 0 bridgehead atoms. The van der Waals surface area contributed by atoms with Crippen molar-refractivity contribution >= 4 is 5.78 Å². The van der Waals surface area contributed by atoms with E-state index in [1.54, 1.807) is 28.4 Å². The van der Waals surface area contributed by atoms with Gasteiger partial charge in [-0.25, -0.2) is 0 Å². The van der Waals surface area contributed by atoms with E-state index in [1.807, 2.05) is 24.3 Å². The Morgan fingerprint density at radius 3 is 1.55 bits per heavy atom. The molecule has 164 valence electrons. The van der Waals surface area contributed by atoms with Gasteiger partial charge in [-0.05, 0) is 48.9 Å². The number of ether oxygens (including phenoxy) is 4. The van der Waals surface area contributed by atoms with Crippen LogP contribution in [0.25, 0.3) is 0 Å². The highest BCUT2D eigenvalue weighted by molar-refractivity contribution is 5.98. The number of Topliss-reactive ketones (excluding diaryl/α,β-unsaturated/α-hetero) is 1. The molecule has 2 aromatic rings. The van der Waals surface area contributed by atoms with Gasteiger partial charge in [0, 0.05) is 34.8 Å². The number of carbonyl (C=O) groups excluding carboxylic acids is 1. The number of benzene rings is 2. The van der Waals surface area contributed by atoms with Gasteiger partial charge < -0.3 is 18.9 Å². The summed E-state index contributed by atoms with van der Waals surface area (Å²) in [6, 6.07) is 11.9. The third-order valence-corrected chi connectivity index (χ3v) is 7.93. The van der Waals surface area contributed by atoms with Gasteiger partial charge in [0.15, 0.2) is 0 Å². The fourth-order valence-corrected chi connectivity index (χ4v) is 6.14. The first kappa shape index (κ1) is 20.2. The smallest absolute Gasteiger partial charge is 0.146 e. The second kappa shape index (κ2) is 7.18. The highest BCUT2D eigenvalue weighted by atomic mass is 16.5. The highest BCUT2D eigenvalue weighted by Crippen LogP contribution is 2.76. The van der Waals surface area contributed by atoms with E-state index < -0.39 is 0 Å². The van der Waals surface area contributed by atoms with E-state index in [0.29, 0.717) is 5.78 Å². The summed E-state index contributed by atoms with van der Waals surface area (Å²) >= 11 is 0. The topological polar surface area (TPSA) is 54.0 Å². The van der Waals surface area contributed by atoms with E-state index in [9.17, 15) is 4.79 Å². The van der Waals surface area contributed by atoms with Gasteiger partial charge in [0.2, 0.25) is 0 Å². The lowest BCUT2D eigenvalue weighted by molar-refractivity contribution is -0.132. The minimum atomic E-state index is -0.241. The first-order chi connectivity index (χ1) is 15.0. The molecule has 31 heavy (non-hydrogen) atoms. The highest BCUT2D eigenvalue weighted by Gasteiger charge is 2.73. The van der Waals surface area contributed by atoms with Crippen LogP contribution in [0.5, 0.6) is 23.0 Å². The van der Waals surface area contributed by atoms with Gasteiger partial charge in [0.1, 0.15) is 28.8 Å². The molecule has 0 aliphatic heterocycles. The van der Waals surface area contributed by atoms with Crippen molar-refractivity contribution < 1.29 is 23.7 Å². The maximum Gasteiger partial charge on any atom is 0.146 e. The molecule has 3 fully saturated rings. The summed E-state index contributed by atoms with van der Waals surface area (Å²) in [5, 5.41) is 0. The first-order valence-electron chi connectivity index (χ1n) is 11.0. The summed E-state index contributed by atoms with van der Waals surface area (Å²) in [4.78, 5) is 14.0. The average Bonchev–Trinajstić information content (AvgIpc) is 3.72. The summed E-state index contributed by atoms with van der Waals surface area (Å²) in [5.74, 6) is 4.10. The Hall–Kier alpha value is -2.69. The first-order valence-corrected chi connectivity index (χ1v) is 11.0. The fourth-order valence-electron chi connectivity index (χ4n) is 6.14. The van der Waals surface area contributed by atoms with Gasteiger partial charge in [0.05, 0.1) is 28.4 Å². The number of rotatable bonds is 6. The van der Waals surface area contributed by atoms with Crippen molar-refractivity contribution in [2.45, 2.75) is 43.9 Å². The van der Waals surface area contributed by atoms with E-state index in [2.05, 4.69) is 12.1 Å². The van der Waals surface area contributed by atoms with E-state index in [4.69, 9.17) is 18.9 Å². The monoisotopic (exact) mass is 422 g/mol. The number of methoxy groups -OCH3 is 4. The van der Waals surface area contributed by atoms with Gasteiger partial charge in [-0.1, -0.05) is 18.6 Å². The standard InChI is InChI=1S/C26H30O5/c1-28-16-6-8-18(22(12-16)30-3)20-14-25(20)10-5-11-26(24(25)27)15-21(26)19-9-7-17(29-2)13-23(19)31-4/h6-9,12-13,20-21H,5,10-11,14-15H2,1-4H3/t20-,21-,25+,26+/m0/s1. The molecular formula is C26H30O5. The molecule has 0 unspecified atom stereocenters. The fraction of sp³-hybridized carbons (Fsp3) is 0.500. The van der Waals surface area contributed by atoms with Gasteiger partial charge in [-0.3, -0.25) is 4.79 Å². The molecule has 0 saturated heterocycles. The number of hydrogen-bond acceptors (Lipinski definition) is 5. The van der Waals surface area contributed by atoms with E-state index >= 15 is 0 Å². The summed E-state index contributed by atoms with van der Waals surface area (Å²) in [6.45, 7) is 0. The Kier molecular flexibility index (Phi) is 4.68. The Bertz CT molecular complexity index is 951. The average molecular weight is 423 g/mol. The molecule has 5 nitrogen and oxygen atoms in total. The summed E-state index contributed by atoms with van der Waals surface area (Å²) in [5.41, 5.74) is 1.78. The lowest BCUT2D eigenvalue weighted by Crippen LogP contribution is -2.33. The maximum atomic E-state index is 14.0. The van der Waals surface area contributed by atoms with Crippen LogP contribution in [-0.2, 0) is 4.79 Å². The van der Waals surface area contributed by atoms with Gasteiger partial charge in [-0.2, -0.15) is 0 Å². The van der Waals surface area contributed by atoms with Crippen LogP contribution in [0.15, 0.2) is 36.4 Å². The third kappa shape index (κ3) is 2.93. The van der Waals surface area contributed by atoms with Crippen LogP contribution in [0.2, 0.25) is 0 Å². The lowest BCUT2D eigenvalue weighted by Gasteiger charge is -2.30. The largest absolute Gasteiger partial charge is 0.497 e. The molecule has 0 radical (unpaired) electrons. The molecule has 5 heteroatoms. The second-order valence-electron chi connectivity index (χ2n) is 9.22. The van der Waals surface area contributed by atoms with E-state index in [0.717, 1.165) is 66.2 Å². The molecule has 2 aromatic carbocycles. The van der Waals surface area contributed by atoms with Crippen LogP contribution in [0.3, 0.4) is 0 Å². The Balaban J connectivity index is 1.43. The maximum absolute atomic E-state index is 14.0. The molecule has 3 saturated carbocycles. The van der Waals surface area contributed by atoms with Crippen LogP contribution in [-0.4, -0.2) is 34.2 Å². The van der Waals surface area contributed by atoms with Crippen molar-refractivity contribution in [1.29, 1.82) is 0 Å². The van der Waals surface area contributed by atoms with Crippen LogP contribution in [0.1, 0.15) is 55.1 Å². The SMILES string of the molecule is COc1ccc([C@@H]2C[C@]23CCC[C@]2(C[C@H]2c2ccc(OC)cc2OC)C3=O)c(OC)c1. The van der Waals surface area contributed by atoms with Crippen LogP contribution >= 0.6 is 0 Å². The normalized spacial score (nSPS) is 30.9. The zero-order valence-corrected chi connectivity index (χ0v) is 18.7. The van der Waals surface area contributed by atoms with Gasteiger partial charge >= 0.3 is 0 Å². The van der Waals surface area contributed by atoms with Crippen molar-refractivity contribution in [2.75, 3.05) is 28.4 Å². The number of ketones is 1. The minimum absolute atomic E-state index is 0.233. The molecule has 3 aliphatic rings. The lowest BCUT2D eigenvalue weighted by atomic mass is 9.71. The second-order valence-corrected chi connectivity index (χ2v) is 9.22. The molecule has 5 rings (SSSR count). The number of carbonyl (C=O) groups is 1. The Morgan fingerprint density at radius 1 is 0.710 bits per heavy atom. The van der Waals surface area contributed by atoms with Crippen LogP contribution in [0.4, 0.5) is 0 Å². The van der Waals surface area contributed by atoms with Crippen LogP contribution in [0, 0.1) is 10.8 Å². The molecule has 0 aromatic heterocycles. The van der Waals surface area contributed by atoms with E-state index in [1.165, 1.54) is 0 Å². The summed E-state index contributed by atoms with van der Waals surface area (Å²) in [7, 11) is 6.68. The summed E-state index contributed by atoms with van der Waals surface area (Å²) in [6.07, 6.45) is 4.88. The van der Waals surface area contributed by atoms with Crippen molar-refractivity contribution in [3.8, 4) is 23.0 Å². The molecule has 4 atom stereocenters. The Labute approximate surface area is 183 Å². The zero-order valence-electron chi connectivity index (χ0n) is 18.7. The van der Waals surface area contributed by atoms with Crippen molar-refractivity contribution in [1.82, 2.24) is 0 Å². The molecule has 3 aliphatic carbocycles. The zero-order chi connectivity index (χ0) is 21.8. The Morgan fingerprint density at radius 2 is 1.16 bits per heavy atom. The quantitative estimate of drug-likeness (QED) is 0.647. The van der Waals surface area contributed by atoms with Crippen LogP contribution < -0.4 is 18.9 Å². The predicted molar refractivity (Wildman–Crippen MR) is 118 cm³/mol. The molecular weight excluding hydrogens is 392 g/mol. The van der Waals surface area contributed by atoms with E-state index in [-0.39, 0.29) is 22.7 Å². The third-order valence-electron chi connectivity index (χ3n) is 7.93. The van der Waals surface area contributed by atoms with Crippen molar-refractivity contribution in [3.63, 3.8) is 0 Å².